The third-order valence-corrected chi connectivity index (χ3v) is 12.8. The highest BCUT2D eigenvalue weighted by Crippen LogP contribution is 2.52. The minimum atomic E-state index is -0.112. The second kappa shape index (κ2) is 25.9. The van der Waals surface area contributed by atoms with Gasteiger partial charge in [0.05, 0.1) is 5.70 Å². The van der Waals surface area contributed by atoms with E-state index >= 15 is 0 Å². The van der Waals surface area contributed by atoms with E-state index < -0.39 is 0 Å². The van der Waals surface area contributed by atoms with E-state index in [1.165, 1.54) is 91.1 Å². The Morgan fingerprint density at radius 1 is 0.597 bits per heavy atom. The molecule has 5 aromatic rings. The van der Waals surface area contributed by atoms with Crippen LogP contribution in [0, 0.1) is 12.8 Å². The summed E-state index contributed by atoms with van der Waals surface area (Å²) in [6, 6.07) is 42.2. The maximum absolute atomic E-state index is 3.54. The SMILES string of the molecule is C/C=C1\C(=C/C(C)/C=C/c2ccc3c(c2)C(C)(C)c2cc(C)ccc2-3)C(C)(C)c2cc(N(C3=C=CCC3)c3ccccc3)ccc21.C1=CCCC=C1.CC.CC.CC.CC(C)c1ccccc1. The number of nitrogens with zero attached hydrogens (tertiary/aromatic N) is 1. The van der Waals surface area contributed by atoms with E-state index in [0.717, 1.165) is 12.8 Å². The highest BCUT2D eigenvalue weighted by Gasteiger charge is 2.39. The first-order valence-corrected chi connectivity index (χ1v) is 25.5. The van der Waals surface area contributed by atoms with Crippen molar-refractivity contribution in [3.63, 3.8) is 0 Å². The second-order valence-electron chi connectivity index (χ2n) is 18.3. The molecule has 0 saturated heterocycles. The van der Waals surface area contributed by atoms with Crippen LogP contribution in [0.25, 0.3) is 22.8 Å². The maximum Gasteiger partial charge on any atom is 0.0655 e. The van der Waals surface area contributed by atoms with Crippen molar-refractivity contribution in [3.8, 4) is 11.1 Å². The molecule has 1 heteroatoms. The zero-order chi connectivity index (χ0) is 49.1. The van der Waals surface area contributed by atoms with E-state index in [9.17, 15) is 0 Å². The molecule has 0 saturated carbocycles. The van der Waals surface area contributed by atoms with Gasteiger partial charge in [-0.15, -0.1) is 5.73 Å². The Morgan fingerprint density at radius 2 is 1.16 bits per heavy atom. The van der Waals surface area contributed by atoms with E-state index in [4.69, 9.17) is 0 Å². The summed E-state index contributed by atoms with van der Waals surface area (Å²) in [6.45, 7) is 32.6. The molecule has 1 atom stereocenters. The van der Waals surface area contributed by atoms with Crippen LogP contribution < -0.4 is 4.90 Å². The van der Waals surface area contributed by atoms with Crippen molar-refractivity contribution in [2.75, 3.05) is 4.90 Å². The van der Waals surface area contributed by atoms with Crippen LogP contribution in [0.3, 0.4) is 0 Å². The summed E-state index contributed by atoms with van der Waals surface area (Å²) in [5.74, 6) is 0.944. The Kier molecular flexibility index (Phi) is 20.7. The Hall–Kier alpha value is -5.88. The molecule has 0 fully saturated rings. The van der Waals surface area contributed by atoms with Gasteiger partial charge in [0.25, 0.3) is 0 Å². The van der Waals surface area contributed by atoms with Gasteiger partial charge in [0, 0.05) is 22.2 Å². The van der Waals surface area contributed by atoms with Gasteiger partial charge in [0.2, 0.25) is 0 Å². The Balaban J connectivity index is 0.000000389. The standard InChI is InChI=1S/C45H45N.C9H12.C6H8.3C2H6/c1-8-36-37-25-22-35(46(34-16-12-13-17-34)33-14-10-9-11-15-33)29-43(37)44(4,5)40(36)26-30(2)18-20-32-21-24-39-38-23-19-31(3)27-41(38)45(6,7)42(39)28-32;1-8(2)9-6-4-3-5-7-9;1-2-4-6-5-3-1;3*1-2/h8-12,14-15,18-30H,13,17H2,1-7H3;3-8H,1-2H3;1-4H,5-6H2;3*1-2H3/b20-18+,36-8-,40-26+;;;;;. The van der Waals surface area contributed by atoms with Gasteiger partial charge in [0.15, 0.2) is 0 Å². The minimum Gasteiger partial charge on any atom is -0.307 e. The Bertz CT molecular complexity index is 2550. The van der Waals surface area contributed by atoms with Crippen LogP contribution in [0.4, 0.5) is 11.4 Å². The molecule has 0 radical (unpaired) electrons. The van der Waals surface area contributed by atoms with E-state index in [2.05, 4.69) is 237 Å². The van der Waals surface area contributed by atoms with Crippen LogP contribution in [-0.2, 0) is 10.8 Å². The van der Waals surface area contributed by atoms with Crippen LogP contribution in [0.5, 0.6) is 0 Å². The molecule has 1 nitrogen and oxygen atoms in total. The van der Waals surface area contributed by atoms with E-state index in [1.54, 1.807) is 0 Å². The van der Waals surface area contributed by atoms with E-state index in [0.29, 0.717) is 5.92 Å². The lowest BCUT2D eigenvalue weighted by Crippen LogP contribution is -2.18. The molecule has 0 N–H and O–H groups in total. The van der Waals surface area contributed by atoms with Gasteiger partial charge in [-0.1, -0.05) is 235 Å². The molecular formula is C66H83N. The summed E-state index contributed by atoms with van der Waals surface area (Å²) in [7, 11) is 0. The molecule has 5 aromatic carbocycles. The number of benzene rings is 5. The van der Waals surface area contributed by atoms with Crippen molar-refractivity contribution in [2.45, 2.75) is 146 Å². The zero-order valence-electron chi connectivity index (χ0n) is 44.1. The normalized spacial score (nSPS) is 16.6. The molecule has 1 unspecified atom stereocenters. The van der Waals surface area contributed by atoms with Gasteiger partial charge >= 0.3 is 0 Å². The third-order valence-electron chi connectivity index (χ3n) is 12.8. The van der Waals surface area contributed by atoms with E-state index in [1.807, 2.05) is 47.6 Å². The third kappa shape index (κ3) is 13.0. The lowest BCUT2D eigenvalue weighted by molar-refractivity contribution is 0.653. The van der Waals surface area contributed by atoms with Gasteiger partial charge in [-0.25, -0.2) is 0 Å². The molecule has 0 aromatic heterocycles. The summed E-state index contributed by atoms with van der Waals surface area (Å²) >= 11 is 0. The highest BCUT2D eigenvalue weighted by atomic mass is 15.1. The van der Waals surface area contributed by atoms with Crippen LogP contribution in [0.15, 0.2) is 181 Å². The molecular weight excluding hydrogens is 807 g/mol. The number of hydrogen-bond donors (Lipinski definition) is 0. The molecule has 0 amide bonds. The number of hydrogen-bond acceptors (Lipinski definition) is 1. The van der Waals surface area contributed by atoms with Crippen LogP contribution >= 0.6 is 0 Å². The molecule has 67 heavy (non-hydrogen) atoms. The second-order valence-corrected chi connectivity index (χ2v) is 18.3. The summed E-state index contributed by atoms with van der Waals surface area (Å²) in [5, 5.41) is 0. The van der Waals surface area contributed by atoms with Gasteiger partial charge in [-0.3, -0.25) is 0 Å². The number of para-hydroxylation sites is 1. The molecule has 0 aliphatic heterocycles. The predicted molar refractivity (Wildman–Crippen MR) is 300 cm³/mol. The van der Waals surface area contributed by atoms with Gasteiger partial charge < -0.3 is 4.90 Å². The number of fused-ring (bicyclic) bond motifs is 4. The zero-order valence-corrected chi connectivity index (χ0v) is 44.1. The van der Waals surface area contributed by atoms with Crippen molar-refractivity contribution in [1.82, 2.24) is 0 Å². The lowest BCUT2D eigenvalue weighted by atomic mass is 9.80. The molecule has 4 aliphatic carbocycles. The smallest absolute Gasteiger partial charge is 0.0655 e. The largest absolute Gasteiger partial charge is 0.307 e. The average molecular weight is 890 g/mol. The summed E-state index contributed by atoms with van der Waals surface area (Å²) < 4.78 is 0. The molecule has 0 bridgehead atoms. The quantitative estimate of drug-likeness (QED) is 0.147. The Labute approximate surface area is 409 Å². The predicted octanol–water partition coefficient (Wildman–Crippen LogP) is 20.0. The fraction of sp³-hybridized carbons (Fsp3) is 0.348. The van der Waals surface area contributed by atoms with Gasteiger partial charge in [0.1, 0.15) is 0 Å². The molecule has 0 heterocycles. The van der Waals surface area contributed by atoms with Crippen molar-refractivity contribution in [1.29, 1.82) is 0 Å². The van der Waals surface area contributed by atoms with Crippen LogP contribution in [-0.4, -0.2) is 0 Å². The summed E-state index contributed by atoms with van der Waals surface area (Å²) in [4.78, 5) is 2.39. The molecule has 9 rings (SSSR count). The first kappa shape index (κ1) is 53.7. The van der Waals surface area contributed by atoms with Crippen molar-refractivity contribution >= 4 is 23.0 Å². The fourth-order valence-electron chi connectivity index (χ4n) is 9.28. The first-order valence-electron chi connectivity index (χ1n) is 25.5. The molecule has 0 spiro atoms. The summed E-state index contributed by atoms with van der Waals surface area (Å²) in [6.07, 6.45) is 24.7. The number of allylic oxidation sites excluding steroid dienone is 10. The topological polar surface area (TPSA) is 3.24 Å². The monoisotopic (exact) mass is 890 g/mol. The number of anilines is 2. The van der Waals surface area contributed by atoms with Crippen molar-refractivity contribution < 1.29 is 0 Å². The molecule has 352 valence electrons. The van der Waals surface area contributed by atoms with Crippen LogP contribution in [0.2, 0.25) is 0 Å². The van der Waals surface area contributed by atoms with E-state index in [-0.39, 0.29) is 16.7 Å². The van der Waals surface area contributed by atoms with Crippen LogP contribution in [0.1, 0.15) is 167 Å². The van der Waals surface area contributed by atoms with Gasteiger partial charge in [-0.05, 0) is 137 Å². The average Bonchev–Trinajstić information content (AvgIpc) is 4.04. The fourth-order valence-corrected chi connectivity index (χ4v) is 9.28. The Morgan fingerprint density at radius 3 is 1.70 bits per heavy atom. The molecule has 4 aliphatic rings. The van der Waals surface area contributed by atoms with Gasteiger partial charge in [-0.2, -0.15) is 0 Å². The highest BCUT2D eigenvalue weighted by molar-refractivity contribution is 5.91. The maximum atomic E-state index is 3.54. The summed E-state index contributed by atoms with van der Waals surface area (Å²) in [5.41, 5.74) is 22.2. The number of rotatable bonds is 7. The minimum absolute atomic E-state index is 0.00807. The number of aryl methyl sites for hydroxylation is 1. The lowest BCUT2D eigenvalue weighted by Gasteiger charge is -2.28. The first-order chi connectivity index (χ1) is 32.4. The van der Waals surface area contributed by atoms with Crippen molar-refractivity contribution in [3.05, 3.63) is 220 Å². The van der Waals surface area contributed by atoms with Crippen molar-refractivity contribution in [2.24, 2.45) is 5.92 Å².